The van der Waals surface area contributed by atoms with E-state index in [-0.39, 0.29) is 48.0 Å². The quantitative estimate of drug-likeness (QED) is 0.366. The second-order valence-corrected chi connectivity index (χ2v) is 14.1. The number of pyridine rings is 1. The molecule has 0 saturated heterocycles. The molecule has 9 nitrogen and oxygen atoms in total. The molecule has 1 saturated carbocycles. The number of nitrogens with two attached hydrogens (primary N) is 1. The highest BCUT2D eigenvalue weighted by atomic mass is 32.2. The van der Waals surface area contributed by atoms with Gasteiger partial charge in [-0.15, -0.1) is 0 Å². The molecule has 1 aromatic heterocycles. The fraction of sp³-hybridized carbons (Fsp3) is 0.567. The molecule has 236 valence electrons. The van der Waals surface area contributed by atoms with Gasteiger partial charge in [-0.2, -0.15) is 13.2 Å². The van der Waals surface area contributed by atoms with Crippen LogP contribution in [0.2, 0.25) is 0 Å². The third kappa shape index (κ3) is 7.86. The molecule has 1 fully saturated rings. The van der Waals surface area contributed by atoms with Crippen molar-refractivity contribution in [3.8, 4) is 0 Å². The number of primary amides is 1. The molecule has 2 aromatic rings. The standard InChI is InChI=1S/C30H39F3N4O5S/c1-4-43(40,41)24-11-7-20(8-12-24)25(17-42-29(34)39)36-28(38)21-13-22-16-37(27(18(2)3)26(22)35-14-21)15-19-5-9-23(10-6-19)30(31,32)33/h7-8,11-14,18-19,23,25,27H,4-6,9-10,15-17H2,1-3H3,(H2,34,39)(H,36,38)/t19?,23?,25-,27-/m0/s1. The van der Waals surface area contributed by atoms with Crippen LogP contribution in [0, 0.1) is 17.8 Å². The largest absolute Gasteiger partial charge is 0.447 e. The molecule has 1 aliphatic heterocycles. The summed E-state index contributed by atoms with van der Waals surface area (Å²) in [5, 5.41) is 2.83. The van der Waals surface area contributed by atoms with Gasteiger partial charge in [0.15, 0.2) is 9.84 Å². The minimum absolute atomic E-state index is 0.0120. The number of amides is 2. The lowest BCUT2D eigenvalue weighted by Gasteiger charge is -2.35. The van der Waals surface area contributed by atoms with Gasteiger partial charge in [-0.05, 0) is 66.8 Å². The highest BCUT2D eigenvalue weighted by Crippen LogP contribution is 2.43. The van der Waals surface area contributed by atoms with Crippen molar-refractivity contribution < 1.29 is 35.9 Å². The predicted octanol–water partition coefficient (Wildman–Crippen LogP) is 5.32. The molecule has 43 heavy (non-hydrogen) atoms. The number of alkyl halides is 3. The number of halogens is 3. The Morgan fingerprint density at radius 2 is 1.79 bits per heavy atom. The lowest BCUT2D eigenvalue weighted by atomic mass is 9.81. The van der Waals surface area contributed by atoms with Crippen LogP contribution in [-0.4, -0.2) is 55.4 Å². The van der Waals surface area contributed by atoms with Crippen LogP contribution in [0.5, 0.6) is 0 Å². The summed E-state index contributed by atoms with van der Waals surface area (Å²) in [6.45, 7) is 6.64. The predicted molar refractivity (Wildman–Crippen MR) is 154 cm³/mol. The summed E-state index contributed by atoms with van der Waals surface area (Å²) < 4.78 is 68.8. The Balaban J connectivity index is 1.48. The highest BCUT2D eigenvalue weighted by molar-refractivity contribution is 7.91. The summed E-state index contributed by atoms with van der Waals surface area (Å²) in [5.74, 6) is -1.38. The molecule has 2 heterocycles. The van der Waals surface area contributed by atoms with Gasteiger partial charge >= 0.3 is 12.3 Å². The van der Waals surface area contributed by atoms with Crippen LogP contribution in [0.25, 0.3) is 0 Å². The molecule has 1 aliphatic carbocycles. The van der Waals surface area contributed by atoms with Gasteiger partial charge in [0.2, 0.25) is 0 Å². The van der Waals surface area contributed by atoms with Gasteiger partial charge in [-0.25, -0.2) is 13.2 Å². The molecule has 3 N–H and O–H groups in total. The molecule has 0 spiro atoms. The highest BCUT2D eigenvalue weighted by Gasteiger charge is 2.42. The van der Waals surface area contributed by atoms with Crippen LogP contribution in [0.4, 0.5) is 18.0 Å². The molecule has 2 amide bonds. The Morgan fingerprint density at radius 1 is 1.14 bits per heavy atom. The molecule has 0 radical (unpaired) electrons. The van der Waals surface area contributed by atoms with Crippen LogP contribution in [0.1, 0.15) is 85.7 Å². The van der Waals surface area contributed by atoms with Crippen molar-refractivity contribution >= 4 is 21.8 Å². The van der Waals surface area contributed by atoms with E-state index in [0.29, 0.717) is 37.1 Å². The summed E-state index contributed by atoms with van der Waals surface area (Å²) in [4.78, 5) is 31.7. The zero-order valence-electron chi connectivity index (χ0n) is 24.6. The maximum atomic E-state index is 13.3. The Hall–Kier alpha value is -3.19. The first-order chi connectivity index (χ1) is 20.2. The summed E-state index contributed by atoms with van der Waals surface area (Å²) in [7, 11) is -3.42. The van der Waals surface area contributed by atoms with Gasteiger partial charge in [0.25, 0.3) is 5.91 Å². The minimum Gasteiger partial charge on any atom is -0.447 e. The molecule has 4 rings (SSSR count). The van der Waals surface area contributed by atoms with E-state index < -0.39 is 40.0 Å². The first-order valence-corrected chi connectivity index (χ1v) is 16.2. The van der Waals surface area contributed by atoms with Gasteiger partial charge in [-0.1, -0.05) is 32.9 Å². The van der Waals surface area contributed by atoms with E-state index in [4.69, 9.17) is 10.5 Å². The minimum atomic E-state index is -4.14. The maximum absolute atomic E-state index is 13.3. The first kappa shape index (κ1) is 32.7. The zero-order valence-corrected chi connectivity index (χ0v) is 25.4. The van der Waals surface area contributed by atoms with E-state index in [1.165, 1.54) is 18.3 Å². The number of aromatic nitrogens is 1. The molecule has 1 aromatic carbocycles. The number of rotatable bonds is 10. The van der Waals surface area contributed by atoms with Crippen molar-refractivity contribution in [1.82, 2.24) is 15.2 Å². The third-order valence-electron chi connectivity index (χ3n) is 8.46. The van der Waals surface area contributed by atoms with Gasteiger partial charge in [-0.3, -0.25) is 14.7 Å². The first-order valence-electron chi connectivity index (χ1n) is 14.5. The van der Waals surface area contributed by atoms with Gasteiger partial charge in [0.1, 0.15) is 6.61 Å². The molecular formula is C30H39F3N4O5S. The number of nitrogens with one attached hydrogen (secondary N) is 1. The number of carbonyl (C=O) groups is 2. The van der Waals surface area contributed by atoms with Gasteiger partial charge in [0.05, 0.1) is 39.9 Å². The van der Waals surface area contributed by atoms with E-state index in [9.17, 15) is 31.2 Å². The number of sulfone groups is 1. The lowest BCUT2D eigenvalue weighted by Crippen LogP contribution is -2.35. The molecule has 2 atom stereocenters. The van der Waals surface area contributed by atoms with E-state index >= 15 is 0 Å². The van der Waals surface area contributed by atoms with Crippen molar-refractivity contribution in [2.45, 2.75) is 76.2 Å². The van der Waals surface area contributed by atoms with Gasteiger partial charge < -0.3 is 15.8 Å². The summed E-state index contributed by atoms with van der Waals surface area (Å²) >= 11 is 0. The van der Waals surface area contributed by atoms with E-state index in [0.717, 1.165) is 11.3 Å². The Labute approximate surface area is 250 Å². The Bertz CT molecular complexity index is 1410. The fourth-order valence-electron chi connectivity index (χ4n) is 6.15. The number of hydrogen-bond acceptors (Lipinski definition) is 7. The van der Waals surface area contributed by atoms with E-state index in [1.54, 1.807) is 25.1 Å². The zero-order chi connectivity index (χ0) is 31.5. The van der Waals surface area contributed by atoms with Crippen molar-refractivity contribution in [2.75, 3.05) is 18.9 Å². The molecule has 13 heteroatoms. The smallest absolute Gasteiger partial charge is 0.404 e. The molecule has 0 unspecified atom stereocenters. The van der Waals surface area contributed by atoms with Crippen LogP contribution in [0.3, 0.4) is 0 Å². The molecule has 0 bridgehead atoms. The average Bonchev–Trinajstić information content (AvgIpc) is 3.32. The number of carbonyl (C=O) groups excluding carboxylic acids is 2. The van der Waals surface area contributed by atoms with Crippen molar-refractivity contribution in [3.63, 3.8) is 0 Å². The molecule has 2 aliphatic rings. The second-order valence-electron chi connectivity index (χ2n) is 11.8. The van der Waals surface area contributed by atoms with Crippen molar-refractivity contribution in [1.29, 1.82) is 0 Å². The maximum Gasteiger partial charge on any atom is 0.404 e. The van der Waals surface area contributed by atoms with Crippen LogP contribution >= 0.6 is 0 Å². The number of hydrogen-bond donors (Lipinski definition) is 2. The normalized spacial score (nSPS) is 21.8. The second kappa shape index (κ2) is 13.2. The SMILES string of the molecule is CCS(=O)(=O)c1ccc([C@H](COC(N)=O)NC(=O)c2cnc3c(c2)CN(CC2CCC(C(F)(F)F)CC2)[C@H]3C(C)C)cc1. The number of benzene rings is 1. The van der Waals surface area contributed by atoms with Crippen molar-refractivity contribution in [2.24, 2.45) is 23.5 Å². The van der Waals surface area contributed by atoms with E-state index in [2.05, 4.69) is 29.0 Å². The fourth-order valence-corrected chi connectivity index (χ4v) is 7.03. The summed E-state index contributed by atoms with van der Waals surface area (Å²) in [5.41, 5.74) is 7.70. The summed E-state index contributed by atoms with van der Waals surface area (Å²) in [6.07, 6.45) is -2.30. The number of fused-ring (bicyclic) bond motifs is 1. The van der Waals surface area contributed by atoms with Gasteiger partial charge in [0, 0.05) is 19.3 Å². The van der Waals surface area contributed by atoms with Crippen LogP contribution in [0.15, 0.2) is 41.4 Å². The lowest BCUT2D eigenvalue weighted by molar-refractivity contribution is -0.184. The Morgan fingerprint density at radius 3 is 2.35 bits per heavy atom. The summed E-state index contributed by atoms with van der Waals surface area (Å²) in [6, 6.07) is 6.92. The monoisotopic (exact) mass is 624 g/mol. The number of nitrogens with zero attached hydrogens (tertiary/aromatic N) is 2. The average molecular weight is 625 g/mol. The topological polar surface area (TPSA) is 132 Å². The van der Waals surface area contributed by atoms with Crippen LogP contribution in [-0.2, 0) is 21.1 Å². The third-order valence-corrected chi connectivity index (χ3v) is 10.2. The van der Waals surface area contributed by atoms with E-state index in [1.807, 2.05) is 0 Å². The molecular weight excluding hydrogens is 585 g/mol. The Kier molecular flexibility index (Phi) is 10.1. The van der Waals surface area contributed by atoms with Crippen LogP contribution < -0.4 is 11.1 Å². The number of ether oxygens (including phenoxy) is 1. The van der Waals surface area contributed by atoms with Crippen molar-refractivity contribution in [3.05, 3.63) is 58.9 Å².